The first-order valence-corrected chi connectivity index (χ1v) is 6.31. The first-order chi connectivity index (χ1) is 7.86. The average Bonchev–Trinajstić information content (AvgIpc) is 2.80. The van der Waals surface area contributed by atoms with Crippen molar-refractivity contribution < 1.29 is 4.74 Å². The number of imidazole rings is 1. The SMILES string of the molecule is C.CCC(CCCCCn1ccnc1)COC. The van der Waals surface area contributed by atoms with Crippen LogP contribution < -0.4 is 0 Å². The molecule has 0 aliphatic heterocycles. The van der Waals surface area contributed by atoms with Crippen molar-refractivity contribution in [2.45, 2.75) is 53.0 Å². The molecule has 0 spiro atoms. The second kappa shape index (κ2) is 10.3. The van der Waals surface area contributed by atoms with Crippen LogP contribution >= 0.6 is 0 Å². The molecule has 0 fully saturated rings. The Balaban J connectivity index is 0.00000256. The van der Waals surface area contributed by atoms with E-state index in [0.717, 1.165) is 19.1 Å². The lowest BCUT2D eigenvalue weighted by molar-refractivity contribution is 0.144. The monoisotopic (exact) mass is 240 g/mol. The molecule has 0 aliphatic rings. The van der Waals surface area contributed by atoms with Crippen molar-refractivity contribution in [3.63, 3.8) is 0 Å². The summed E-state index contributed by atoms with van der Waals surface area (Å²) in [6.07, 6.45) is 12.2. The van der Waals surface area contributed by atoms with Crippen LogP contribution in [0.15, 0.2) is 18.7 Å². The van der Waals surface area contributed by atoms with Crippen molar-refractivity contribution in [3.05, 3.63) is 18.7 Å². The van der Waals surface area contributed by atoms with Gasteiger partial charge in [-0.05, 0) is 18.8 Å². The van der Waals surface area contributed by atoms with Crippen LogP contribution in [0.1, 0.15) is 46.5 Å². The molecule has 1 aromatic heterocycles. The number of ether oxygens (including phenoxy) is 1. The van der Waals surface area contributed by atoms with Gasteiger partial charge in [-0.2, -0.15) is 0 Å². The normalized spacial score (nSPS) is 12.1. The van der Waals surface area contributed by atoms with Gasteiger partial charge in [0, 0.05) is 32.7 Å². The molecule has 1 rings (SSSR count). The van der Waals surface area contributed by atoms with Gasteiger partial charge in [0.2, 0.25) is 0 Å². The quantitative estimate of drug-likeness (QED) is 0.615. The number of methoxy groups -OCH3 is 1. The Labute approximate surface area is 106 Å². The van der Waals surface area contributed by atoms with Crippen molar-refractivity contribution in [1.29, 1.82) is 0 Å². The van der Waals surface area contributed by atoms with Crippen LogP contribution in [-0.4, -0.2) is 23.3 Å². The van der Waals surface area contributed by atoms with Gasteiger partial charge >= 0.3 is 0 Å². The van der Waals surface area contributed by atoms with Crippen molar-refractivity contribution in [1.82, 2.24) is 9.55 Å². The second-order valence-corrected chi connectivity index (χ2v) is 4.38. The molecular weight excluding hydrogens is 212 g/mol. The molecule has 0 saturated heterocycles. The average molecular weight is 240 g/mol. The molecule has 1 unspecified atom stereocenters. The van der Waals surface area contributed by atoms with E-state index in [9.17, 15) is 0 Å². The van der Waals surface area contributed by atoms with Crippen LogP contribution in [0.5, 0.6) is 0 Å². The number of nitrogens with zero attached hydrogens (tertiary/aromatic N) is 2. The molecule has 100 valence electrons. The number of hydrogen-bond acceptors (Lipinski definition) is 2. The van der Waals surface area contributed by atoms with E-state index in [1.54, 1.807) is 7.11 Å². The highest BCUT2D eigenvalue weighted by Gasteiger charge is 2.04. The first kappa shape index (κ1) is 16.2. The van der Waals surface area contributed by atoms with E-state index in [-0.39, 0.29) is 7.43 Å². The standard InChI is InChI=1S/C13H24N2O.CH4/c1-3-13(11-16-2)7-5-4-6-9-15-10-8-14-12-15;/h8,10,12-13H,3-7,9,11H2,1-2H3;1H4. The van der Waals surface area contributed by atoms with Gasteiger partial charge < -0.3 is 9.30 Å². The molecule has 1 heterocycles. The molecule has 0 radical (unpaired) electrons. The summed E-state index contributed by atoms with van der Waals surface area (Å²) in [5, 5.41) is 0. The van der Waals surface area contributed by atoms with Gasteiger partial charge in [0.1, 0.15) is 0 Å². The molecule has 1 atom stereocenters. The van der Waals surface area contributed by atoms with Gasteiger partial charge in [0.25, 0.3) is 0 Å². The molecule has 0 aliphatic carbocycles. The van der Waals surface area contributed by atoms with Crippen LogP contribution in [0.25, 0.3) is 0 Å². The summed E-state index contributed by atoms with van der Waals surface area (Å²) in [5.74, 6) is 0.748. The fraction of sp³-hybridized carbons (Fsp3) is 0.786. The van der Waals surface area contributed by atoms with E-state index in [4.69, 9.17) is 4.74 Å². The van der Waals surface area contributed by atoms with Crippen LogP contribution in [0.3, 0.4) is 0 Å². The predicted octanol–water partition coefficient (Wildman–Crippen LogP) is 3.75. The van der Waals surface area contributed by atoms with E-state index in [1.165, 1.54) is 32.1 Å². The van der Waals surface area contributed by atoms with E-state index < -0.39 is 0 Å². The highest BCUT2D eigenvalue weighted by atomic mass is 16.5. The molecule has 0 saturated carbocycles. The zero-order valence-corrected chi connectivity index (χ0v) is 10.6. The summed E-state index contributed by atoms with van der Waals surface area (Å²) >= 11 is 0. The molecule has 1 aromatic rings. The molecule has 3 heteroatoms. The molecule has 0 amide bonds. The van der Waals surface area contributed by atoms with Gasteiger partial charge in [0.15, 0.2) is 0 Å². The number of hydrogen-bond donors (Lipinski definition) is 0. The summed E-state index contributed by atoms with van der Waals surface area (Å²) in [6, 6.07) is 0. The lowest BCUT2D eigenvalue weighted by Gasteiger charge is -2.13. The minimum Gasteiger partial charge on any atom is -0.384 e. The van der Waals surface area contributed by atoms with Gasteiger partial charge in [-0.3, -0.25) is 0 Å². The summed E-state index contributed by atoms with van der Waals surface area (Å²) in [7, 11) is 1.79. The minimum atomic E-state index is 0. The molecule has 0 aromatic carbocycles. The van der Waals surface area contributed by atoms with Gasteiger partial charge in [0.05, 0.1) is 6.33 Å². The summed E-state index contributed by atoms with van der Waals surface area (Å²) in [6.45, 7) is 4.26. The van der Waals surface area contributed by atoms with Gasteiger partial charge in [-0.1, -0.05) is 33.6 Å². The Morgan fingerprint density at radius 1 is 1.29 bits per heavy atom. The lowest BCUT2D eigenvalue weighted by atomic mass is 9.99. The van der Waals surface area contributed by atoms with Crippen molar-refractivity contribution in [2.75, 3.05) is 13.7 Å². The lowest BCUT2D eigenvalue weighted by Crippen LogP contribution is -2.06. The summed E-state index contributed by atoms with van der Waals surface area (Å²) in [5.41, 5.74) is 0. The first-order valence-electron chi connectivity index (χ1n) is 6.31. The fourth-order valence-electron chi connectivity index (χ4n) is 1.96. The van der Waals surface area contributed by atoms with Crippen molar-refractivity contribution in [3.8, 4) is 0 Å². The van der Waals surface area contributed by atoms with E-state index in [1.807, 2.05) is 18.7 Å². The van der Waals surface area contributed by atoms with E-state index >= 15 is 0 Å². The second-order valence-electron chi connectivity index (χ2n) is 4.38. The number of aromatic nitrogens is 2. The topological polar surface area (TPSA) is 27.1 Å². The molecule has 17 heavy (non-hydrogen) atoms. The zero-order chi connectivity index (χ0) is 11.6. The molecular formula is C14H28N2O. The number of aryl methyl sites for hydroxylation is 1. The van der Waals surface area contributed by atoms with Crippen molar-refractivity contribution in [2.24, 2.45) is 5.92 Å². The van der Waals surface area contributed by atoms with E-state index in [0.29, 0.717) is 0 Å². The Morgan fingerprint density at radius 2 is 2.12 bits per heavy atom. The minimum absolute atomic E-state index is 0. The van der Waals surface area contributed by atoms with Crippen LogP contribution in [0.4, 0.5) is 0 Å². The Morgan fingerprint density at radius 3 is 2.71 bits per heavy atom. The van der Waals surface area contributed by atoms with Crippen LogP contribution in [0.2, 0.25) is 0 Å². The van der Waals surface area contributed by atoms with E-state index in [2.05, 4.69) is 16.5 Å². The smallest absolute Gasteiger partial charge is 0.0945 e. The van der Waals surface area contributed by atoms with Crippen molar-refractivity contribution >= 4 is 0 Å². The molecule has 0 bridgehead atoms. The third-order valence-electron chi connectivity index (χ3n) is 3.07. The third kappa shape index (κ3) is 7.16. The Bertz CT molecular complexity index is 247. The Kier molecular flexibility index (Phi) is 9.83. The zero-order valence-electron chi connectivity index (χ0n) is 10.6. The van der Waals surface area contributed by atoms with Crippen LogP contribution in [0, 0.1) is 5.92 Å². The maximum Gasteiger partial charge on any atom is 0.0945 e. The third-order valence-corrected chi connectivity index (χ3v) is 3.07. The molecule has 0 N–H and O–H groups in total. The summed E-state index contributed by atoms with van der Waals surface area (Å²) in [4.78, 5) is 4.03. The number of unbranched alkanes of at least 4 members (excludes halogenated alkanes) is 2. The largest absolute Gasteiger partial charge is 0.384 e. The maximum absolute atomic E-state index is 5.20. The van der Waals surface area contributed by atoms with Gasteiger partial charge in [-0.25, -0.2) is 4.98 Å². The predicted molar refractivity (Wildman–Crippen MR) is 73.1 cm³/mol. The molecule has 3 nitrogen and oxygen atoms in total. The highest BCUT2D eigenvalue weighted by molar-refractivity contribution is 4.73. The Hall–Kier alpha value is -0.830. The fourth-order valence-corrected chi connectivity index (χ4v) is 1.96. The number of rotatable bonds is 9. The van der Waals surface area contributed by atoms with Gasteiger partial charge in [-0.15, -0.1) is 0 Å². The maximum atomic E-state index is 5.20. The van der Waals surface area contributed by atoms with Crippen LogP contribution in [-0.2, 0) is 11.3 Å². The highest BCUT2D eigenvalue weighted by Crippen LogP contribution is 2.14. The summed E-state index contributed by atoms with van der Waals surface area (Å²) < 4.78 is 7.34.